The van der Waals surface area contributed by atoms with Gasteiger partial charge in [-0.3, -0.25) is 4.57 Å². The Morgan fingerprint density at radius 1 is 1.08 bits per heavy atom. The zero-order valence-electron chi connectivity index (χ0n) is 19.7. The summed E-state index contributed by atoms with van der Waals surface area (Å²) in [4.78, 5) is 22.4. The Bertz CT molecular complexity index is 1600. The number of nitrogens with two attached hydrogens (primary N) is 1. The Hall–Kier alpha value is -4.24. The maximum Gasteiger partial charge on any atom is 0.490 e. The largest absolute Gasteiger partial charge is 0.490 e. The molecule has 15 heteroatoms. The first-order chi connectivity index (χ1) is 18.5. The fourth-order valence-electron chi connectivity index (χ4n) is 3.56. The number of carboxylic acid groups (broad SMARTS) is 1. The molecule has 0 aliphatic carbocycles. The number of alkyl halides is 3. The van der Waals surface area contributed by atoms with E-state index in [1.807, 2.05) is 36.4 Å². The lowest BCUT2D eigenvalue weighted by atomic mass is 10.0. The molecule has 3 N–H and O–H groups in total. The van der Waals surface area contributed by atoms with Crippen LogP contribution in [0.3, 0.4) is 0 Å². The molecule has 0 radical (unpaired) electrons. The number of rotatable bonds is 6. The molecule has 1 aliphatic heterocycles. The van der Waals surface area contributed by atoms with Gasteiger partial charge in [0.25, 0.3) is 6.08 Å². The first-order valence-electron chi connectivity index (χ1n) is 11.0. The molecule has 2 aromatic heterocycles. The summed E-state index contributed by atoms with van der Waals surface area (Å²) in [5.74, 6) is -1.29. The van der Waals surface area contributed by atoms with Crippen LogP contribution in [0.1, 0.15) is 4.88 Å². The molecule has 9 nitrogen and oxygen atoms in total. The fourth-order valence-corrected chi connectivity index (χ4v) is 4.66. The van der Waals surface area contributed by atoms with Gasteiger partial charge in [0.05, 0.1) is 13.1 Å². The van der Waals surface area contributed by atoms with Gasteiger partial charge in [-0.05, 0) is 40.8 Å². The number of hydrogen-bond acceptors (Lipinski definition) is 7. The van der Waals surface area contributed by atoms with Gasteiger partial charge in [0.2, 0.25) is 6.79 Å². The number of halogens is 5. The van der Waals surface area contributed by atoms with Crippen molar-refractivity contribution in [3.63, 3.8) is 0 Å². The molecule has 2 aromatic carbocycles. The third-order valence-corrected chi connectivity index (χ3v) is 6.58. The minimum atomic E-state index is -5.08. The van der Waals surface area contributed by atoms with E-state index in [9.17, 15) is 26.7 Å². The first kappa shape index (κ1) is 27.8. The highest BCUT2D eigenvalue weighted by atomic mass is 32.1. The molecule has 0 unspecified atom stereocenters. The van der Waals surface area contributed by atoms with Gasteiger partial charge in [0, 0.05) is 21.7 Å². The maximum absolute atomic E-state index is 12.8. The number of aromatic nitrogens is 3. The number of thiophene rings is 1. The van der Waals surface area contributed by atoms with Crippen LogP contribution in [-0.4, -0.2) is 44.9 Å². The molecule has 0 atom stereocenters. The van der Waals surface area contributed by atoms with Crippen molar-refractivity contribution < 1.29 is 41.3 Å². The minimum Gasteiger partial charge on any atom is -0.475 e. The Morgan fingerprint density at radius 2 is 1.74 bits per heavy atom. The lowest BCUT2D eigenvalue weighted by Gasteiger charge is -2.03. The van der Waals surface area contributed by atoms with Crippen molar-refractivity contribution in [3.05, 3.63) is 75.8 Å². The van der Waals surface area contributed by atoms with Gasteiger partial charge in [-0.1, -0.05) is 18.2 Å². The molecular formula is C24H19F5N4O5S. The van der Waals surface area contributed by atoms with Crippen LogP contribution in [0.5, 0.6) is 11.5 Å². The average Bonchev–Trinajstić information content (AvgIpc) is 3.60. The van der Waals surface area contributed by atoms with Crippen LogP contribution in [0.4, 0.5) is 22.0 Å². The van der Waals surface area contributed by atoms with Gasteiger partial charge < -0.3 is 20.3 Å². The molecule has 0 spiro atoms. The second kappa shape index (κ2) is 11.2. The molecule has 3 heterocycles. The fraction of sp³-hybridized carbons (Fsp3) is 0.208. The SMILES string of the molecule is NCC(Cn1ncn(Cc2cc3ccc(-c4ccc5c(c4)OCO5)cc3s2)c1=O)=C(F)F.O=C(O)C(F)(F)F. The van der Waals surface area contributed by atoms with Gasteiger partial charge in [-0.25, -0.2) is 14.3 Å². The molecule has 0 fully saturated rings. The molecule has 0 amide bonds. The normalized spacial score (nSPS) is 12.3. The summed E-state index contributed by atoms with van der Waals surface area (Å²) in [7, 11) is 0. The average molecular weight is 570 g/mol. The number of ether oxygens (including phenoxy) is 2. The van der Waals surface area contributed by atoms with Crippen molar-refractivity contribution in [1.29, 1.82) is 0 Å². The smallest absolute Gasteiger partial charge is 0.475 e. The highest BCUT2D eigenvalue weighted by Crippen LogP contribution is 2.37. The number of hydrogen-bond donors (Lipinski definition) is 2. The van der Waals surface area contributed by atoms with E-state index in [0.717, 1.165) is 42.3 Å². The van der Waals surface area contributed by atoms with Crippen LogP contribution >= 0.6 is 11.3 Å². The second-order valence-electron chi connectivity index (χ2n) is 8.10. The number of benzene rings is 2. The van der Waals surface area contributed by atoms with Gasteiger partial charge >= 0.3 is 17.8 Å². The Balaban J connectivity index is 0.000000448. The van der Waals surface area contributed by atoms with Crippen LogP contribution in [0.2, 0.25) is 0 Å². The van der Waals surface area contributed by atoms with E-state index in [4.69, 9.17) is 25.1 Å². The van der Waals surface area contributed by atoms with E-state index in [0.29, 0.717) is 6.54 Å². The molecule has 5 rings (SSSR count). The minimum absolute atomic E-state index is 0.231. The standard InChI is InChI=1S/C22H18F2N4O3S.C2HF3O2/c23-21(24)16(8-25)9-28-22(29)27(11-26-28)10-17-5-15-2-1-14(7-20(15)32-17)13-3-4-18-19(6-13)31-12-30-18;3-2(4,5)1(6)7/h1-7,11H,8-10,12,25H2;(H,6,7). The van der Waals surface area contributed by atoms with Gasteiger partial charge in [0.15, 0.2) is 11.5 Å². The van der Waals surface area contributed by atoms with Crippen molar-refractivity contribution in [1.82, 2.24) is 14.3 Å². The Kier molecular flexibility index (Phi) is 8.01. The lowest BCUT2D eigenvalue weighted by molar-refractivity contribution is -0.192. The van der Waals surface area contributed by atoms with Crippen LogP contribution in [0, 0.1) is 0 Å². The number of fused-ring (bicyclic) bond motifs is 2. The van der Waals surface area contributed by atoms with Gasteiger partial charge in [0.1, 0.15) is 6.33 Å². The highest BCUT2D eigenvalue weighted by Gasteiger charge is 2.38. The third-order valence-electron chi connectivity index (χ3n) is 5.50. The van der Waals surface area contributed by atoms with Crippen LogP contribution < -0.4 is 20.9 Å². The molecule has 39 heavy (non-hydrogen) atoms. The zero-order valence-corrected chi connectivity index (χ0v) is 20.6. The van der Waals surface area contributed by atoms with E-state index >= 15 is 0 Å². The predicted octanol–water partition coefficient (Wildman–Crippen LogP) is 4.45. The van der Waals surface area contributed by atoms with Crippen molar-refractivity contribution in [3.8, 4) is 22.6 Å². The number of nitrogens with zero attached hydrogens (tertiary/aromatic N) is 3. The topological polar surface area (TPSA) is 122 Å². The van der Waals surface area contributed by atoms with Crippen LogP contribution in [0.25, 0.3) is 21.2 Å². The monoisotopic (exact) mass is 570 g/mol. The van der Waals surface area contributed by atoms with Crippen LogP contribution in [-0.2, 0) is 17.9 Å². The number of carbonyl (C=O) groups is 1. The summed E-state index contributed by atoms with van der Waals surface area (Å²) in [5.41, 5.74) is 6.62. The number of aliphatic carboxylic acids is 1. The van der Waals surface area contributed by atoms with Gasteiger partial charge in [-0.15, -0.1) is 11.3 Å². The van der Waals surface area contributed by atoms with E-state index in [-0.39, 0.29) is 25.5 Å². The van der Waals surface area contributed by atoms with E-state index in [1.165, 1.54) is 10.9 Å². The predicted molar refractivity (Wildman–Crippen MR) is 131 cm³/mol. The Labute approximate surface area is 220 Å². The third kappa shape index (κ3) is 6.43. The summed E-state index contributed by atoms with van der Waals surface area (Å²) >= 11 is 1.57. The van der Waals surface area contributed by atoms with Gasteiger partial charge in [-0.2, -0.15) is 27.1 Å². The molecular weight excluding hydrogens is 551 g/mol. The summed E-state index contributed by atoms with van der Waals surface area (Å²) in [5, 5.41) is 12.1. The second-order valence-corrected chi connectivity index (χ2v) is 9.27. The maximum atomic E-state index is 12.8. The van der Waals surface area contributed by atoms with Crippen molar-refractivity contribution in [2.45, 2.75) is 19.3 Å². The van der Waals surface area contributed by atoms with E-state index in [1.54, 1.807) is 11.3 Å². The van der Waals surface area contributed by atoms with E-state index in [2.05, 4.69) is 11.2 Å². The van der Waals surface area contributed by atoms with Crippen LogP contribution in [0.15, 0.2) is 65.2 Å². The summed E-state index contributed by atoms with van der Waals surface area (Å²) in [6.07, 6.45) is -5.61. The zero-order chi connectivity index (χ0) is 28.3. The highest BCUT2D eigenvalue weighted by molar-refractivity contribution is 7.19. The van der Waals surface area contributed by atoms with Crippen molar-refractivity contribution >= 4 is 27.4 Å². The van der Waals surface area contributed by atoms with E-state index < -0.39 is 23.9 Å². The van der Waals surface area contributed by atoms with Crippen molar-refractivity contribution in [2.75, 3.05) is 13.3 Å². The molecule has 206 valence electrons. The lowest BCUT2D eigenvalue weighted by Crippen LogP contribution is -2.27. The summed E-state index contributed by atoms with van der Waals surface area (Å²) < 4.78 is 71.7. The molecule has 1 aliphatic rings. The number of carboxylic acids is 1. The summed E-state index contributed by atoms with van der Waals surface area (Å²) in [6, 6.07) is 14.0. The molecule has 0 saturated carbocycles. The summed E-state index contributed by atoms with van der Waals surface area (Å²) in [6.45, 7) is -0.120. The molecule has 4 aromatic rings. The first-order valence-corrected chi connectivity index (χ1v) is 11.9. The Morgan fingerprint density at radius 3 is 2.41 bits per heavy atom. The van der Waals surface area contributed by atoms with Crippen molar-refractivity contribution in [2.24, 2.45) is 5.73 Å². The quantitative estimate of drug-likeness (QED) is 0.329. The molecule has 0 bridgehead atoms. The molecule has 0 saturated heterocycles.